The number of likely N-dealkylation sites (tertiary alicyclic amines) is 1. The fourth-order valence-corrected chi connectivity index (χ4v) is 2.70. The predicted molar refractivity (Wildman–Crippen MR) is 83.7 cm³/mol. The number of methoxy groups -OCH3 is 1. The third-order valence-corrected chi connectivity index (χ3v) is 3.80. The van der Waals surface area contributed by atoms with Gasteiger partial charge in [0, 0.05) is 31.7 Å². The second-order valence-corrected chi connectivity index (χ2v) is 5.62. The van der Waals surface area contributed by atoms with Gasteiger partial charge in [0.1, 0.15) is 6.61 Å². The van der Waals surface area contributed by atoms with Crippen LogP contribution in [0, 0.1) is 0 Å². The number of hydrogen-bond donors (Lipinski definition) is 3. The number of hydrogen-bond acceptors (Lipinski definition) is 3. The number of piperidine rings is 1. The second-order valence-electron chi connectivity index (χ2n) is 5.62. The zero-order valence-corrected chi connectivity index (χ0v) is 12.9. The zero-order valence-electron chi connectivity index (χ0n) is 12.9. The molecule has 3 N–H and O–H groups in total. The lowest BCUT2D eigenvalue weighted by atomic mass is 10.1. The lowest BCUT2D eigenvalue weighted by Gasteiger charge is -2.29. The van der Waals surface area contributed by atoms with Crippen molar-refractivity contribution in [2.24, 2.45) is 0 Å². The first kappa shape index (κ1) is 16.5. The predicted octanol–water partition coefficient (Wildman–Crippen LogP) is -0.565. The largest absolute Gasteiger partial charge is 0.375 e. The maximum absolute atomic E-state index is 12.0. The van der Waals surface area contributed by atoms with E-state index in [-0.39, 0.29) is 24.5 Å². The Kier molecular flexibility index (Phi) is 6.36. The first-order valence-corrected chi connectivity index (χ1v) is 7.64. The Bertz CT molecular complexity index is 485. The first-order valence-electron chi connectivity index (χ1n) is 7.64. The molecule has 1 heterocycles. The van der Waals surface area contributed by atoms with Crippen LogP contribution < -0.4 is 15.5 Å². The number of quaternary nitrogens is 1. The van der Waals surface area contributed by atoms with E-state index in [0.29, 0.717) is 6.54 Å². The molecule has 1 aliphatic rings. The van der Waals surface area contributed by atoms with Crippen LogP contribution in [-0.2, 0) is 14.3 Å². The minimum Gasteiger partial charge on any atom is -0.375 e. The molecule has 0 atom stereocenters. The van der Waals surface area contributed by atoms with Gasteiger partial charge in [-0.1, -0.05) is 18.2 Å². The topological polar surface area (TPSA) is 71.9 Å². The SMILES string of the molecule is COCC(=O)NC1CC[NH+](CC(=O)Nc2ccccc2)CC1. The van der Waals surface area contributed by atoms with Gasteiger partial charge in [0.05, 0.1) is 13.1 Å². The Morgan fingerprint density at radius 3 is 2.50 bits per heavy atom. The number of carbonyl (C=O) groups is 2. The molecule has 1 aromatic carbocycles. The van der Waals surface area contributed by atoms with Crippen LogP contribution in [0.5, 0.6) is 0 Å². The minimum atomic E-state index is -0.0715. The van der Waals surface area contributed by atoms with Gasteiger partial charge in [-0.25, -0.2) is 0 Å². The summed E-state index contributed by atoms with van der Waals surface area (Å²) in [6, 6.07) is 9.68. The molecule has 0 saturated carbocycles. The third kappa shape index (κ3) is 5.46. The fraction of sp³-hybridized carbons (Fsp3) is 0.500. The Morgan fingerprint density at radius 1 is 1.18 bits per heavy atom. The Balaban J connectivity index is 1.68. The van der Waals surface area contributed by atoms with Gasteiger partial charge in [-0.2, -0.15) is 0 Å². The van der Waals surface area contributed by atoms with Gasteiger partial charge < -0.3 is 20.3 Å². The number of amides is 2. The average molecular weight is 306 g/mol. The van der Waals surface area contributed by atoms with E-state index in [1.165, 1.54) is 12.0 Å². The summed E-state index contributed by atoms with van der Waals surface area (Å²) < 4.78 is 4.81. The monoisotopic (exact) mass is 306 g/mol. The molecule has 1 fully saturated rings. The summed E-state index contributed by atoms with van der Waals surface area (Å²) in [5.41, 5.74) is 0.827. The molecule has 0 aliphatic carbocycles. The Morgan fingerprint density at radius 2 is 1.86 bits per heavy atom. The molecule has 0 bridgehead atoms. The average Bonchev–Trinajstić information content (AvgIpc) is 2.50. The zero-order chi connectivity index (χ0) is 15.8. The third-order valence-electron chi connectivity index (χ3n) is 3.80. The summed E-state index contributed by atoms with van der Waals surface area (Å²) in [5.74, 6) is -0.0409. The van der Waals surface area contributed by atoms with Gasteiger partial charge in [-0.15, -0.1) is 0 Å². The molecular weight excluding hydrogens is 282 g/mol. The Hall–Kier alpha value is -1.92. The van der Waals surface area contributed by atoms with E-state index < -0.39 is 0 Å². The van der Waals surface area contributed by atoms with E-state index in [2.05, 4.69) is 10.6 Å². The number of anilines is 1. The molecule has 1 saturated heterocycles. The lowest BCUT2D eigenvalue weighted by molar-refractivity contribution is -0.897. The molecule has 0 radical (unpaired) electrons. The van der Waals surface area contributed by atoms with Crippen LogP contribution in [-0.4, -0.2) is 51.2 Å². The van der Waals surface area contributed by atoms with Crippen molar-refractivity contribution in [3.05, 3.63) is 30.3 Å². The molecule has 1 aromatic rings. The van der Waals surface area contributed by atoms with Gasteiger partial charge in [-0.05, 0) is 12.1 Å². The van der Waals surface area contributed by atoms with E-state index >= 15 is 0 Å². The van der Waals surface area contributed by atoms with Crippen molar-refractivity contribution in [1.82, 2.24) is 5.32 Å². The number of nitrogens with one attached hydrogen (secondary N) is 3. The highest BCUT2D eigenvalue weighted by atomic mass is 16.5. The highest BCUT2D eigenvalue weighted by Gasteiger charge is 2.24. The second kappa shape index (κ2) is 8.51. The van der Waals surface area contributed by atoms with Crippen molar-refractivity contribution < 1.29 is 19.2 Å². The normalized spacial score (nSPS) is 21.1. The van der Waals surface area contributed by atoms with Crippen molar-refractivity contribution in [3.8, 4) is 0 Å². The number of carbonyl (C=O) groups excluding carboxylic acids is 2. The van der Waals surface area contributed by atoms with Crippen LogP contribution in [0.25, 0.3) is 0 Å². The van der Waals surface area contributed by atoms with Crippen molar-refractivity contribution in [2.75, 3.05) is 38.7 Å². The van der Waals surface area contributed by atoms with Gasteiger partial charge in [-0.3, -0.25) is 9.59 Å². The van der Waals surface area contributed by atoms with Crippen LogP contribution in [0.3, 0.4) is 0 Å². The molecule has 1 aliphatic heterocycles. The Labute approximate surface area is 130 Å². The van der Waals surface area contributed by atoms with Crippen LogP contribution in [0.1, 0.15) is 12.8 Å². The van der Waals surface area contributed by atoms with E-state index in [9.17, 15) is 9.59 Å². The van der Waals surface area contributed by atoms with E-state index in [0.717, 1.165) is 31.6 Å². The number of para-hydroxylation sites is 1. The molecule has 2 amide bonds. The minimum absolute atomic E-state index is 0.0306. The molecule has 2 rings (SSSR count). The highest BCUT2D eigenvalue weighted by molar-refractivity contribution is 5.91. The van der Waals surface area contributed by atoms with Crippen molar-refractivity contribution in [1.29, 1.82) is 0 Å². The molecular formula is C16H24N3O3+. The van der Waals surface area contributed by atoms with Gasteiger partial charge >= 0.3 is 0 Å². The van der Waals surface area contributed by atoms with Crippen LogP contribution >= 0.6 is 0 Å². The molecule has 0 aromatic heterocycles. The number of rotatable bonds is 6. The van der Waals surface area contributed by atoms with E-state index in [1.54, 1.807) is 0 Å². The fourth-order valence-electron chi connectivity index (χ4n) is 2.70. The van der Waals surface area contributed by atoms with Gasteiger partial charge in [0.2, 0.25) is 5.91 Å². The summed E-state index contributed by atoms with van der Waals surface area (Å²) in [4.78, 5) is 24.7. The van der Waals surface area contributed by atoms with E-state index in [1.807, 2.05) is 30.3 Å². The molecule has 0 unspecified atom stereocenters. The summed E-state index contributed by atoms with van der Waals surface area (Å²) >= 11 is 0. The summed E-state index contributed by atoms with van der Waals surface area (Å²) in [6.45, 7) is 2.35. The van der Waals surface area contributed by atoms with Crippen LogP contribution in [0.4, 0.5) is 5.69 Å². The van der Waals surface area contributed by atoms with Crippen molar-refractivity contribution in [2.45, 2.75) is 18.9 Å². The highest BCUT2D eigenvalue weighted by Crippen LogP contribution is 2.04. The van der Waals surface area contributed by atoms with Gasteiger partial charge in [0.15, 0.2) is 6.54 Å². The number of benzene rings is 1. The first-order chi connectivity index (χ1) is 10.7. The summed E-state index contributed by atoms with van der Waals surface area (Å²) in [7, 11) is 1.51. The van der Waals surface area contributed by atoms with Crippen LogP contribution in [0.2, 0.25) is 0 Å². The van der Waals surface area contributed by atoms with Crippen molar-refractivity contribution >= 4 is 17.5 Å². The van der Waals surface area contributed by atoms with Crippen molar-refractivity contribution in [3.63, 3.8) is 0 Å². The summed E-state index contributed by atoms with van der Waals surface area (Å²) in [5, 5.41) is 5.86. The molecule has 120 valence electrons. The van der Waals surface area contributed by atoms with E-state index in [4.69, 9.17) is 4.74 Å². The number of ether oxygens (including phenoxy) is 1. The van der Waals surface area contributed by atoms with Crippen LogP contribution in [0.15, 0.2) is 30.3 Å². The maximum Gasteiger partial charge on any atom is 0.279 e. The van der Waals surface area contributed by atoms with Gasteiger partial charge in [0.25, 0.3) is 5.91 Å². The summed E-state index contributed by atoms with van der Waals surface area (Å²) in [6.07, 6.45) is 1.78. The molecule has 6 nitrogen and oxygen atoms in total. The lowest BCUT2D eigenvalue weighted by Crippen LogP contribution is -3.14. The smallest absolute Gasteiger partial charge is 0.279 e. The molecule has 22 heavy (non-hydrogen) atoms. The molecule has 0 spiro atoms. The standard InChI is InChI=1S/C16H23N3O3/c1-22-12-16(21)18-14-7-9-19(10-8-14)11-15(20)17-13-5-3-2-4-6-13/h2-6,14H,7-12H2,1H3,(H,17,20)(H,18,21)/p+1. The quantitative estimate of drug-likeness (QED) is 0.659. The molecule has 6 heteroatoms. The maximum atomic E-state index is 12.0.